The van der Waals surface area contributed by atoms with Crippen LogP contribution in [-0.2, 0) is 9.53 Å². The molecule has 0 bridgehead atoms. The number of carbonyl (C=O) groups excluding carboxylic acids is 1. The third-order valence-corrected chi connectivity index (χ3v) is 2.41. The average molecular weight is 220 g/mol. The van der Waals surface area contributed by atoms with Gasteiger partial charge in [0, 0.05) is 5.70 Å². The Morgan fingerprint density at radius 3 is 2.88 bits per heavy atom. The van der Waals surface area contributed by atoms with Crippen molar-refractivity contribution >= 4 is 5.97 Å². The SMILES string of the molecule is CCCCOC(=O)C(C#N)=C1C=C(N)CC1. The zero-order chi connectivity index (χ0) is 12.0. The van der Waals surface area contributed by atoms with Gasteiger partial charge in [-0.1, -0.05) is 13.3 Å². The van der Waals surface area contributed by atoms with E-state index in [-0.39, 0.29) is 5.57 Å². The van der Waals surface area contributed by atoms with E-state index in [0.29, 0.717) is 30.7 Å². The molecule has 1 aliphatic carbocycles. The van der Waals surface area contributed by atoms with E-state index in [4.69, 9.17) is 15.7 Å². The van der Waals surface area contributed by atoms with Crippen LogP contribution < -0.4 is 5.73 Å². The summed E-state index contributed by atoms with van der Waals surface area (Å²) >= 11 is 0. The molecule has 0 atom stereocenters. The summed E-state index contributed by atoms with van der Waals surface area (Å²) in [5.41, 5.74) is 7.11. The summed E-state index contributed by atoms with van der Waals surface area (Å²) in [4.78, 5) is 11.6. The van der Waals surface area contributed by atoms with Crippen molar-refractivity contribution in [2.75, 3.05) is 6.61 Å². The normalized spacial score (nSPS) is 17.6. The fourth-order valence-corrected chi connectivity index (χ4v) is 1.47. The smallest absolute Gasteiger partial charge is 0.349 e. The van der Waals surface area contributed by atoms with Crippen molar-refractivity contribution < 1.29 is 9.53 Å². The molecule has 0 aromatic carbocycles. The number of hydrogen-bond acceptors (Lipinski definition) is 4. The number of nitriles is 1. The van der Waals surface area contributed by atoms with E-state index in [9.17, 15) is 4.79 Å². The number of hydrogen-bond donors (Lipinski definition) is 1. The molecule has 0 spiro atoms. The molecule has 0 saturated carbocycles. The molecule has 4 nitrogen and oxygen atoms in total. The molecular weight excluding hydrogens is 204 g/mol. The maximum atomic E-state index is 11.6. The van der Waals surface area contributed by atoms with Crippen LogP contribution in [0.15, 0.2) is 22.9 Å². The lowest BCUT2D eigenvalue weighted by Gasteiger charge is -2.03. The van der Waals surface area contributed by atoms with Gasteiger partial charge in [0.05, 0.1) is 6.61 Å². The summed E-state index contributed by atoms with van der Waals surface area (Å²) in [6.45, 7) is 2.38. The molecular formula is C12H16N2O2. The van der Waals surface area contributed by atoms with E-state index in [2.05, 4.69) is 0 Å². The lowest BCUT2D eigenvalue weighted by atomic mass is 10.1. The number of nitrogens with two attached hydrogens (primary N) is 1. The molecule has 2 N–H and O–H groups in total. The number of nitrogens with zero attached hydrogens (tertiary/aromatic N) is 1. The number of carbonyl (C=O) groups is 1. The van der Waals surface area contributed by atoms with Crippen LogP contribution in [0.5, 0.6) is 0 Å². The lowest BCUT2D eigenvalue weighted by molar-refractivity contribution is -0.138. The van der Waals surface area contributed by atoms with Crippen LogP contribution in [0.4, 0.5) is 0 Å². The molecule has 0 amide bonds. The van der Waals surface area contributed by atoms with Gasteiger partial charge in [0.25, 0.3) is 0 Å². The second kappa shape index (κ2) is 5.96. The van der Waals surface area contributed by atoms with E-state index in [1.54, 1.807) is 6.08 Å². The third-order valence-electron chi connectivity index (χ3n) is 2.41. The van der Waals surface area contributed by atoms with Gasteiger partial charge in [-0.25, -0.2) is 4.79 Å². The predicted octanol–water partition coefficient (Wildman–Crippen LogP) is 1.79. The molecule has 1 rings (SSSR count). The molecule has 0 aromatic heterocycles. The van der Waals surface area contributed by atoms with Crippen LogP contribution in [0.2, 0.25) is 0 Å². The highest BCUT2D eigenvalue weighted by atomic mass is 16.5. The summed E-state index contributed by atoms with van der Waals surface area (Å²) in [5, 5.41) is 8.92. The van der Waals surface area contributed by atoms with Crippen LogP contribution in [0, 0.1) is 11.3 Å². The molecule has 16 heavy (non-hydrogen) atoms. The first-order valence-electron chi connectivity index (χ1n) is 5.45. The highest BCUT2D eigenvalue weighted by Crippen LogP contribution is 2.23. The Labute approximate surface area is 95.4 Å². The van der Waals surface area contributed by atoms with Gasteiger partial charge in [0.1, 0.15) is 11.6 Å². The van der Waals surface area contributed by atoms with Crippen molar-refractivity contribution in [1.82, 2.24) is 0 Å². The molecule has 4 heteroatoms. The Morgan fingerprint density at radius 1 is 1.62 bits per heavy atom. The summed E-state index contributed by atoms with van der Waals surface area (Å²) in [6.07, 6.45) is 4.83. The number of esters is 1. The molecule has 0 radical (unpaired) electrons. The van der Waals surface area contributed by atoms with Gasteiger partial charge < -0.3 is 10.5 Å². The van der Waals surface area contributed by atoms with Crippen molar-refractivity contribution in [3.63, 3.8) is 0 Å². The summed E-state index contributed by atoms with van der Waals surface area (Å²) < 4.78 is 4.99. The fraction of sp³-hybridized carbons (Fsp3) is 0.500. The van der Waals surface area contributed by atoms with Gasteiger partial charge in [0.2, 0.25) is 0 Å². The lowest BCUT2D eigenvalue weighted by Crippen LogP contribution is -2.09. The van der Waals surface area contributed by atoms with Crippen LogP contribution in [-0.4, -0.2) is 12.6 Å². The highest BCUT2D eigenvalue weighted by Gasteiger charge is 2.18. The van der Waals surface area contributed by atoms with Gasteiger partial charge in [0.15, 0.2) is 0 Å². The minimum atomic E-state index is -0.531. The number of unbranched alkanes of at least 4 members (excludes halogenated alkanes) is 1. The van der Waals surface area contributed by atoms with Crippen LogP contribution in [0.3, 0.4) is 0 Å². The molecule has 1 aliphatic rings. The Bertz CT molecular complexity index is 375. The number of ether oxygens (including phenoxy) is 1. The fourth-order valence-electron chi connectivity index (χ4n) is 1.47. The molecule has 86 valence electrons. The summed E-state index contributed by atoms with van der Waals surface area (Å²) in [5.74, 6) is -0.531. The molecule has 0 unspecified atom stereocenters. The van der Waals surface area contributed by atoms with Crippen LogP contribution in [0.25, 0.3) is 0 Å². The maximum Gasteiger partial charge on any atom is 0.349 e. The quantitative estimate of drug-likeness (QED) is 0.339. The van der Waals surface area contributed by atoms with Crippen molar-refractivity contribution in [3.8, 4) is 6.07 Å². The highest BCUT2D eigenvalue weighted by molar-refractivity contribution is 5.94. The molecule has 0 fully saturated rings. The second-order valence-corrected chi connectivity index (χ2v) is 3.72. The monoisotopic (exact) mass is 220 g/mol. The predicted molar refractivity (Wildman–Crippen MR) is 60.0 cm³/mol. The minimum Gasteiger partial charge on any atom is -0.462 e. The molecule has 0 aliphatic heterocycles. The van der Waals surface area contributed by atoms with Gasteiger partial charge >= 0.3 is 5.97 Å². The molecule has 0 aromatic rings. The van der Waals surface area contributed by atoms with E-state index in [1.807, 2.05) is 13.0 Å². The second-order valence-electron chi connectivity index (χ2n) is 3.72. The van der Waals surface area contributed by atoms with Crippen LogP contribution in [0.1, 0.15) is 32.6 Å². The molecule has 0 heterocycles. The van der Waals surface area contributed by atoms with Gasteiger partial charge in [-0.15, -0.1) is 0 Å². The average Bonchev–Trinajstić information content (AvgIpc) is 2.66. The minimum absolute atomic E-state index is 0.0940. The van der Waals surface area contributed by atoms with Gasteiger partial charge in [-0.05, 0) is 30.9 Å². The van der Waals surface area contributed by atoms with E-state index in [1.165, 1.54) is 0 Å². The van der Waals surface area contributed by atoms with Crippen molar-refractivity contribution in [2.24, 2.45) is 5.73 Å². The van der Waals surface area contributed by atoms with Crippen molar-refractivity contribution in [1.29, 1.82) is 5.26 Å². The summed E-state index contributed by atoms with van der Waals surface area (Å²) in [6, 6.07) is 1.90. The standard InChI is InChI=1S/C12H16N2O2/c1-2-3-6-16-12(15)11(8-13)9-4-5-10(14)7-9/h7H,2-6,14H2,1H3. The number of rotatable bonds is 4. The number of allylic oxidation sites excluding steroid dienone is 3. The van der Waals surface area contributed by atoms with Crippen LogP contribution >= 0.6 is 0 Å². The maximum absolute atomic E-state index is 11.6. The molecule has 0 saturated heterocycles. The largest absolute Gasteiger partial charge is 0.462 e. The van der Waals surface area contributed by atoms with E-state index in [0.717, 1.165) is 12.8 Å². The zero-order valence-corrected chi connectivity index (χ0v) is 9.45. The zero-order valence-electron chi connectivity index (χ0n) is 9.45. The first kappa shape index (κ1) is 12.3. The van der Waals surface area contributed by atoms with Gasteiger partial charge in [-0.3, -0.25) is 0 Å². The van der Waals surface area contributed by atoms with Crippen molar-refractivity contribution in [3.05, 3.63) is 22.9 Å². The first-order valence-corrected chi connectivity index (χ1v) is 5.45. The summed E-state index contributed by atoms with van der Waals surface area (Å²) in [7, 11) is 0. The van der Waals surface area contributed by atoms with Crippen molar-refractivity contribution in [2.45, 2.75) is 32.6 Å². The van der Waals surface area contributed by atoms with Gasteiger partial charge in [-0.2, -0.15) is 5.26 Å². The topological polar surface area (TPSA) is 76.1 Å². The van der Waals surface area contributed by atoms with E-state index < -0.39 is 5.97 Å². The Kier molecular flexibility index (Phi) is 4.59. The Morgan fingerprint density at radius 2 is 2.38 bits per heavy atom. The third kappa shape index (κ3) is 3.13. The first-order chi connectivity index (χ1) is 7.69. The van der Waals surface area contributed by atoms with E-state index >= 15 is 0 Å². The Hall–Kier alpha value is -1.76. The Balaban J connectivity index is 2.69.